The Morgan fingerprint density at radius 2 is 1.17 bits per heavy atom. The fourth-order valence-corrected chi connectivity index (χ4v) is 0.346. The molecule has 0 fully saturated rings. The van der Waals surface area contributed by atoms with Gasteiger partial charge in [-0.25, -0.2) is 0 Å². The standard InChI is InChI=1S/C7H12.C5H8.3C2H6/c1-4-6-7(3)5-2;1-4-5(2)3;3*1-2/h4-5H,1,6H2,2-3H3;4H,1-2H2,3H3;3*1-2H3/b7-5+;;;;. The molecule has 0 aromatic heterocycles. The van der Waals surface area contributed by atoms with Crippen LogP contribution in [0.15, 0.2) is 49.1 Å². The van der Waals surface area contributed by atoms with Gasteiger partial charge in [-0.1, -0.05) is 84.1 Å². The van der Waals surface area contributed by atoms with Gasteiger partial charge in [-0.3, -0.25) is 0 Å². The predicted octanol–water partition coefficient (Wildman–Crippen LogP) is 7.36. The van der Waals surface area contributed by atoms with Crippen molar-refractivity contribution in [2.75, 3.05) is 0 Å². The van der Waals surface area contributed by atoms with Crippen LogP contribution in [0.1, 0.15) is 68.7 Å². The predicted molar refractivity (Wildman–Crippen MR) is 93.3 cm³/mol. The van der Waals surface area contributed by atoms with E-state index in [2.05, 4.69) is 32.7 Å². The van der Waals surface area contributed by atoms with Gasteiger partial charge < -0.3 is 0 Å². The fourth-order valence-electron chi connectivity index (χ4n) is 0.346. The lowest BCUT2D eigenvalue weighted by Crippen LogP contribution is -1.66. The maximum Gasteiger partial charge on any atom is -0.0144 e. The second-order valence-electron chi connectivity index (χ2n) is 2.68. The van der Waals surface area contributed by atoms with Crippen molar-refractivity contribution in [1.29, 1.82) is 0 Å². The van der Waals surface area contributed by atoms with E-state index in [0.29, 0.717) is 0 Å². The van der Waals surface area contributed by atoms with Crippen molar-refractivity contribution >= 4 is 0 Å². The summed E-state index contributed by atoms with van der Waals surface area (Å²) in [6.45, 7) is 28.7. The average molecular weight is 255 g/mol. The second kappa shape index (κ2) is 44.5. The summed E-state index contributed by atoms with van der Waals surface area (Å²) in [5.74, 6) is 0. The van der Waals surface area contributed by atoms with E-state index in [1.165, 1.54) is 5.57 Å². The Labute approximate surface area is 118 Å². The fraction of sp³-hybridized carbons (Fsp3) is 0.556. The van der Waals surface area contributed by atoms with Crippen LogP contribution >= 0.6 is 0 Å². The van der Waals surface area contributed by atoms with Crippen LogP contribution < -0.4 is 0 Å². The molecule has 0 heteroatoms. The Balaban J connectivity index is -0.0000000451. The van der Waals surface area contributed by atoms with Crippen LogP contribution in [0.5, 0.6) is 0 Å². The first kappa shape index (κ1) is 30.2. The summed E-state index contributed by atoms with van der Waals surface area (Å²) in [5.41, 5.74) is 2.40. The Bertz CT molecular complexity index is 170. The van der Waals surface area contributed by atoms with Gasteiger partial charge in [0.25, 0.3) is 0 Å². The number of rotatable bonds is 3. The summed E-state index contributed by atoms with van der Waals surface area (Å²) in [7, 11) is 0. The van der Waals surface area contributed by atoms with Crippen molar-refractivity contribution in [2.24, 2.45) is 0 Å². The quantitative estimate of drug-likeness (QED) is 0.364. The summed E-state index contributed by atoms with van der Waals surface area (Å²) in [6, 6.07) is 0. The lowest BCUT2D eigenvalue weighted by Gasteiger charge is -1.87. The molecule has 0 bridgehead atoms. The Morgan fingerprint density at radius 3 is 1.22 bits per heavy atom. The molecule has 0 unspecified atom stereocenters. The molecule has 0 aliphatic carbocycles. The van der Waals surface area contributed by atoms with E-state index in [-0.39, 0.29) is 0 Å². The minimum absolute atomic E-state index is 1.02. The lowest BCUT2D eigenvalue weighted by atomic mass is 10.2. The van der Waals surface area contributed by atoms with E-state index < -0.39 is 0 Å². The minimum Gasteiger partial charge on any atom is -0.103 e. The smallest absolute Gasteiger partial charge is 0.0144 e. The van der Waals surface area contributed by atoms with Crippen LogP contribution in [0.4, 0.5) is 0 Å². The molecule has 0 atom stereocenters. The summed E-state index contributed by atoms with van der Waals surface area (Å²) < 4.78 is 0. The topological polar surface area (TPSA) is 0 Å². The highest BCUT2D eigenvalue weighted by Gasteiger charge is 1.76. The van der Waals surface area contributed by atoms with Crippen LogP contribution in [0.3, 0.4) is 0 Å². The molecular weight excluding hydrogens is 216 g/mol. The summed E-state index contributed by atoms with van der Waals surface area (Å²) >= 11 is 0. The maximum atomic E-state index is 3.61. The van der Waals surface area contributed by atoms with E-state index in [1.807, 2.05) is 61.5 Å². The van der Waals surface area contributed by atoms with Crippen molar-refractivity contribution in [3.05, 3.63) is 49.1 Å². The average Bonchev–Trinajstić information content (AvgIpc) is 2.46. The molecule has 0 spiro atoms. The van der Waals surface area contributed by atoms with Crippen LogP contribution in [0.25, 0.3) is 0 Å². The summed E-state index contributed by atoms with van der Waals surface area (Å²) in [5, 5.41) is 0. The monoisotopic (exact) mass is 254 g/mol. The van der Waals surface area contributed by atoms with Gasteiger partial charge in [-0.15, -0.1) is 6.58 Å². The number of hydrogen-bond donors (Lipinski definition) is 0. The molecule has 110 valence electrons. The third kappa shape index (κ3) is 82.1. The van der Waals surface area contributed by atoms with Gasteiger partial charge in [-0.2, -0.15) is 0 Å². The summed E-state index contributed by atoms with van der Waals surface area (Å²) in [6.07, 6.45) is 6.76. The van der Waals surface area contributed by atoms with E-state index >= 15 is 0 Å². The van der Waals surface area contributed by atoms with Crippen molar-refractivity contribution in [3.63, 3.8) is 0 Å². The van der Waals surface area contributed by atoms with Gasteiger partial charge in [0.2, 0.25) is 0 Å². The lowest BCUT2D eigenvalue weighted by molar-refractivity contribution is 1.20. The third-order valence-electron chi connectivity index (χ3n) is 1.31. The first-order valence-corrected chi connectivity index (χ1v) is 7.09. The summed E-state index contributed by atoms with van der Waals surface area (Å²) in [4.78, 5) is 0. The third-order valence-corrected chi connectivity index (χ3v) is 1.31. The number of hydrogen-bond acceptors (Lipinski definition) is 0. The first-order chi connectivity index (χ1) is 8.58. The van der Waals surface area contributed by atoms with E-state index in [1.54, 1.807) is 6.08 Å². The molecule has 0 aromatic carbocycles. The minimum atomic E-state index is 1.02. The zero-order chi connectivity index (χ0) is 16.0. The highest BCUT2D eigenvalue weighted by atomic mass is 13.8. The molecule has 0 radical (unpaired) electrons. The highest BCUT2D eigenvalue weighted by Crippen LogP contribution is 1.97. The SMILES string of the molecule is C=CC(=C)C.C=CC/C(C)=C/C.CC.CC.CC. The van der Waals surface area contributed by atoms with Crippen LogP contribution in [0.2, 0.25) is 0 Å². The molecule has 0 aliphatic rings. The molecule has 0 saturated carbocycles. The maximum absolute atomic E-state index is 3.61. The molecule has 0 N–H and O–H groups in total. The zero-order valence-electron chi connectivity index (χ0n) is 14.6. The van der Waals surface area contributed by atoms with Crippen molar-refractivity contribution in [1.82, 2.24) is 0 Å². The van der Waals surface area contributed by atoms with E-state index in [4.69, 9.17) is 0 Å². The molecular formula is C18H38. The van der Waals surface area contributed by atoms with Gasteiger partial charge in [0.05, 0.1) is 0 Å². The molecule has 0 aromatic rings. The molecule has 0 saturated heterocycles. The molecule has 0 nitrogen and oxygen atoms in total. The Morgan fingerprint density at radius 1 is 0.889 bits per heavy atom. The van der Waals surface area contributed by atoms with E-state index in [9.17, 15) is 0 Å². The molecule has 0 aliphatic heterocycles. The van der Waals surface area contributed by atoms with Crippen molar-refractivity contribution in [3.8, 4) is 0 Å². The Hall–Kier alpha value is -1.04. The molecule has 0 heterocycles. The van der Waals surface area contributed by atoms with Crippen molar-refractivity contribution < 1.29 is 0 Å². The van der Waals surface area contributed by atoms with Crippen LogP contribution in [-0.2, 0) is 0 Å². The molecule has 0 amide bonds. The van der Waals surface area contributed by atoms with Crippen LogP contribution in [0, 0.1) is 0 Å². The molecule has 0 rings (SSSR count). The second-order valence-corrected chi connectivity index (χ2v) is 2.68. The normalized spacial score (nSPS) is 7.28. The Kier molecular flexibility index (Phi) is 74.7. The van der Waals surface area contributed by atoms with Gasteiger partial charge in [0.15, 0.2) is 0 Å². The van der Waals surface area contributed by atoms with Gasteiger partial charge >= 0.3 is 0 Å². The van der Waals surface area contributed by atoms with Crippen LogP contribution in [-0.4, -0.2) is 0 Å². The van der Waals surface area contributed by atoms with Crippen molar-refractivity contribution in [2.45, 2.75) is 68.7 Å². The zero-order valence-corrected chi connectivity index (χ0v) is 14.6. The highest BCUT2D eigenvalue weighted by molar-refractivity contribution is 5.05. The van der Waals surface area contributed by atoms with Gasteiger partial charge in [0, 0.05) is 0 Å². The van der Waals surface area contributed by atoms with E-state index in [0.717, 1.165) is 12.0 Å². The molecule has 18 heavy (non-hydrogen) atoms. The first-order valence-electron chi connectivity index (χ1n) is 7.09. The number of allylic oxidation sites excluding steroid dienone is 5. The largest absolute Gasteiger partial charge is 0.103 e. The van der Waals surface area contributed by atoms with Gasteiger partial charge in [-0.05, 0) is 27.2 Å². The van der Waals surface area contributed by atoms with Gasteiger partial charge in [0.1, 0.15) is 0 Å².